The molecular weight excluding hydrogens is 436 g/mol. The summed E-state index contributed by atoms with van der Waals surface area (Å²) in [5, 5.41) is 23.0. The fourth-order valence-corrected chi connectivity index (χ4v) is 5.01. The smallest absolute Gasteiger partial charge is 0.246 e. The van der Waals surface area contributed by atoms with Crippen LogP contribution in [0.4, 0.5) is 0 Å². The van der Waals surface area contributed by atoms with Crippen molar-refractivity contribution in [3.63, 3.8) is 0 Å². The zero-order chi connectivity index (χ0) is 23.4. The van der Waals surface area contributed by atoms with Gasteiger partial charge in [-0.2, -0.15) is 5.26 Å². The lowest BCUT2D eigenvalue weighted by Gasteiger charge is -2.27. The number of methoxy groups -OCH3 is 1. The van der Waals surface area contributed by atoms with E-state index in [9.17, 15) is 10.1 Å². The largest absolute Gasteiger partial charge is 0.490 e. The average Bonchev–Trinajstić information content (AvgIpc) is 3.29. The summed E-state index contributed by atoms with van der Waals surface area (Å²) in [6.45, 7) is 3.91. The molecule has 1 atom stereocenters. The minimum absolute atomic E-state index is 0.0107. The van der Waals surface area contributed by atoms with Gasteiger partial charge in [0.25, 0.3) is 0 Å². The Hall–Kier alpha value is -3.28. The second-order valence-electron chi connectivity index (χ2n) is 8.22. The lowest BCUT2D eigenvalue weighted by atomic mass is 9.85. The van der Waals surface area contributed by atoms with E-state index in [1.54, 1.807) is 6.07 Å². The number of carbonyl (C=O) groups is 1. The molecule has 4 rings (SSSR count). The van der Waals surface area contributed by atoms with E-state index in [-0.39, 0.29) is 24.7 Å². The molecule has 0 radical (unpaired) electrons. The summed E-state index contributed by atoms with van der Waals surface area (Å²) >= 11 is 1.49. The van der Waals surface area contributed by atoms with Crippen LogP contribution in [0, 0.1) is 11.3 Å². The molecule has 8 heteroatoms. The number of nitriles is 1. The number of benzene rings is 2. The molecule has 0 saturated carbocycles. The highest BCUT2D eigenvalue weighted by molar-refractivity contribution is 7.17. The van der Waals surface area contributed by atoms with Crippen molar-refractivity contribution in [1.29, 1.82) is 5.26 Å². The molecule has 1 aliphatic carbocycles. The molecule has 0 saturated heterocycles. The molecule has 0 aliphatic heterocycles. The molecule has 0 bridgehead atoms. The van der Waals surface area contributed by atoms with E-state index in [4.69, 9.17) is 9.47 Å². The Morgan fingerprint density at radius 2 is 2.09 bits per heavy atom. The van der Waals surface area contributed by atoms with Crippen LogP contribution in [0.15, 0.2) is 36.4 Å². The first-order valence-electron chi connectivity index (χ1n) is 10.9. The summed E-state index contributed by atoms with van der Waals surface area (Å²) in [7, 11) is 1.52. The van der Waals surface area contributed by atoms with Crippen molar-refractivity contribution >= 4 is 17.2 Å². The summed E-state index contributed by atoms with van der Waals surface area (Å²) in [6.07, 6.45) is 2.80. The first kappa shape index (κ1) is 22.9. The normalized spacial score (nSPS) is 15.1. The predicted molar refractivity (Wildman–Crippen MR) is 127 cm³/mol. The maximum Gasteiger partial charge on any atom is 0.246 e. The van der Waals surface area contributed by atoms with Crippen molar-refractivity contribution in [2.75, 3.05) is 13.7 Å². The molecule has 2 aromatic carbocycles. The number of hydrogen-bond acceptors (Lipinski definition) is 7. The van der Waals surface area contributed by atoms with Crippen molar-refractivity contribution in [3.8, 4) is 33.0 Å². The zero-order valence-electron chi connectivity index (χ0n) is 18.9. The molecule has 1 amide bonds. The van der Waals surface area contributed by atoms with Gasteiger partial charge in [-0.1, -0.05) is 29.5 Å². The van der Waals surface area contributed by atoms with Crippen LogP contribution in [0.1, 0.15) is 49.4 Å². The third-order valence-corrected chi connectivity index (χ3v) is 6.49. The van der Waals surface area contributed by atoms with Gasteiger partial charge in [0.2, 0.25) is 5.91 Å². The summed E-state index contributed by atoms with van der Waals surface area (Å²) in [5.41, 5.74) is 4.68. The Bertz CT molecular complexity index is 1200. The van der Waals surface area contributed by atoms with Gasteiger partial charge in [0.1, 0.15) is 28.4 Å². The monoisotopic (exact) mass is 462 g/mol. The Morgan fingerprint density at radius 1 is 1.27 bits per heavy atom. The van der Waals surface area contributed by atoms with E-state index >= 15 is 0 Å². The molecule has 1 aromatic heterocycles. The van der Waals surface area contributed by atoms with Gasteiger partial charge in [-0.25, -0.2) is 0 Å². The molecule has 0 spiro atoms. The number of ether oxygens (including phenoxy) is 2. The van der Waals surface area contributed by atoms with Crippen molar-refractivity contribution < 1.29 is 14.3 Å². The van der Waals surface area contributed by atoms with Crippen LogP contribution in [0.5, 0.6) is 5.75 Å². The highest BCUT2D eigenvalue weighted by atomic mass is 32.1. The predicted octanol–water partition coefficient (Wildman–Crippen LogP) is 4.67. The highest BCUT2D eigenvalue weighted by Gasteiger charge is 2.25. The summed E-state index contributed by atoms with van der Waals surface area (Å²) in [5.74, 6) is 0.455. The van der Waals surface area contributed by atoms with E-state index in [0.717, 1.165) is 46.0 Å². The Balaban J connectivity index is 1.64. The number of aromatic nitrogens is 2. The van der Waals surface area contributed by atoms with Crippen molar-refractivity contribution in [3.05, 3.63) is 53.1 Å². The first-order valence-corrected chi connectivity index (χ1v) is 11.8. The molecule has 33 heavy (non-hydrogen) atoms. The molecular formula is C25H26N4O3S. The molecule has 1 heterocycles. The average molecular weight is 463 g/mol. The number of nitrogens with one attached hydrogen (secondary N) is 1. The Morgan fingerprint density at radius 3 is 2.85 bits per heavy atom. The fraction of sp³-hybridized carbons (Fsp3) is 0.360. The van der Waals surface area contributed by atoms with E-state index in [1.807, 2.05) is 32.0 Å². The topological polar surface area (TPSA) is 97.1 Å². The number of rotatable bonds is 7. The minimum atomic E-state index is -0.114. The summed E-state index contributed by atoms with van der Waals surface area (Å²) in [6, 6.07) is 13.8. The highest BCUT2D eigenvalue weighted by Crippen LogP contribution is 2.39. The number of carbonyl (C=O) groups excluding carboxylic acids is 1. The van der Waals surface area contributed by atoms with Gasteiger partial charge in [-0.05, 0) is 62.4 Å². The number of nitrogens with zero attached hydrogens (tertiary/aromatic N) is 3. The van der Waals surface area contributed by atoms with Crippen LogP contribution in [0.2, 0.25) is 0 Å². The lowest BCUT2D eigenvalue weighted by Crippen LogP contribution is -2.33. The molecule has 1 aliphatic rings. The van der Waals surface area contributed by atoms with Crippen LogP contribution in [0.25, 0.3) is 21.1 Å². The van der Waals surface area contributed by atoms with Crippen molar-refractivity contribution in [2.45, 2.75) is 45.3 Å². The maximum absolute atomic E-state index is 12.1. The molecule has 7 nitrogen and oxygen atoms in total. The van der Waals surface area contributed by atoms with Gasteiger partial charge >= 0.3 is 0 Å². The minimum Gasteiger partial charge on any atom is -0.490 e. The van der Waals surface area contributed by atoms with Gasteiger partial charge in [0, 0.05) is 18.2 Å². The van der Waals surface area contributed by atoms with Gasteiger partial charge in [0.15, 0.2) is 0 Å². The molecule has 0 fully saturated rings. The van der Waals surface area contributed by atoms with Crippen LogP contribution in [-0.4, -0.2) is 35.9 Å². The van der Waals surface area contributed by atoms with E-state index in [2.05, 4.69) is 33.7 Å². The van der Waals surface area contributed by atoms with Crippen LogP contribution >= 0.6 is 11.3 Å². The van der Waals surface area contributed by atoms with Gasteiger partial charge in [-0.15, -0.1) is 10.2 Å². The third kappa shape index (κ3) is 5.05. The van der Waals surface area contributed by atoms with Crippen LogP contribution < -0.4 is 10.1 Å². The molecule has 0 unspecified atom stereocenters. The molecule has 3 aromatic rings. The number of hydrogen-bond donors (Lipinski definition) is 1. The second kappa shape index (κ2) is 10.1. The Kier molecular flexibility index (Phi) is 7.02. The van der Waals surface area contributed by atoms with Gasteiger partial charge in [0.05, 0.1) is 17.7 Å². The quantitative estimate of drug-likeness (QED) is 0.548. The number of amides is 1. The fourth-order valence-electron chi connectivity index (χ4n) is 4.12. The van der Waals surface area contributed by atoms with Crippen LogP contribution in [-0.2, 0) is 16.0 Å². The SMILES string of the molecule is COCC(=O)N[C@@H]1CCCc2c(-c3nnc(-c4ccc(OC(C)C)c(C#N)c4)s3)cccc21. The Labute approximate surface area is 197 Å². The summed E-state index contributed by atoms with van der Waals surface area (Å²) in [4.78, 5) is 12.1. The third-order valence-electron chi connectivity index (χ3n) is 5.48. The van der Waals surface area contributed by atoms with Gasteiger partial charge < -0.3 is 14.8 Å². The molecule has 1 N–H and O–H groups in total. The first-order chi connectivity index (χ1) is 16.0. The number of fused-ring (bicyclic) bond motifs is 1. The lowest BCUT2D eigenvalue weighted by molar-refractivity contribution is -0.125. The van der Waals surface area contributed by atoms with E-state index < -0.39 is 0 Å². The standard InChI is InChI=1S/C25H26N4O3S/c1-15(2)32-22-11-10-16(12-17(22)13-26)24-28-29-25(33-24)20-8-4-7-19-18(20)6-5-9-21(19)27-23(30)14-31-3/h4,7-8,10-12,15,21H,5-6,9,14H2,1-3H3,(H,27,30)/t21-/m1/s1. The molecule has 170 valence electrons. The summed E-state index contributed by atoms with van der Waals surface area (Å²) < 4.78 is 10.7. The maximum atomic E-state index is 12.1. The second-order valence-corrected chi connectivity index (χ2v) is 9.20. The van der Waals surface area contributed by atoms with E-state index in [1.165, 1.54) is 24.0 Å². The van der Waals surface area contributed by atoms with Crippen molar-refractivity contribution in [1.82, 2.24) is 15.5 Å². The van der Waals surface area contributed by atoms with Crippen molar-refractivity contribution in [2.24, 2.45) is 0 Å². The van der Waals surface area contributed by atoms with Gasteiger partial charge in [-0.3, -0.25) is 4.79 Å². The zero-order valence-corrected chi connectivity index (χ0v) is 19.7. The van der Waals surface area contributed by atoms with E-state index in [0.29, 0.717) is 11.3 Å². The van der Waals surface area contributed by atoms with Crippen LogP contribution in [0.3, 0.4) is 0 Å².